The van der Waals surface area contributed by atoms with E-state index in [0.29, 0.717) is 0 Å². The zero-order valence-electron chi connectivity index (χ0n) is 26.5. The first-order valence-corrected chi connectivity index (χ1v) is 21.3. The van der Waals surface area contributed by atoms with Crippen LogP contribution in [0.1, 0.15) is 108 Å². The van der Waals surface area contributed by atoms with Crippen molar-refractivity contribution in [1.82, 2.24) is 0 Å². The molecule has 15 unspecified atom stereocenters. The van der Waals surface area contributed by atoms with Gasteiger partial charge in [-0.1, -0.05) is 89.0 Å². The van der Waals surface area contributed by atoms with Crippen molar-refractivity contribution in [2.24, 2.45) is 88.8 Å². The molecule has 0 bridgehead atoms. The Bertz CT molecular complexity index is 596. The van der Waals surface area contributed by atoms with Gasteiger partial charge < -0.3 is 14.9 Å². The van der Waals surface area contributed by atoms with Crippen molar-refractivity contribution in [3.63, 3.8) is 0 Å². The molecule has 0 nitrogen and oxygen atoms in total. The predicted octanol–water partition coefficient (Wildman–Crippen LogP) is 11.7. The monoisotopic (exact) mass is 620 g/mol. The third-order valence-electron chi connectivity index (χ3n) is 12.6. The van der Waals surface area contributed by atoms with Gasteiger partial charge in [0.25, 0.3) is 0 Å². The predicted molar refractivity (Wildman–Crippen MR) is 162 cm³/mol. The molecule has 4 aliphatic rings. The average molecular weight is 623 g/mol. The van der Waals surface area contributed by atoms with Crippen LogP contribution in [0.25, 0.3) is 0 Å². The van der Waals surface area contributed by atoms with Gasteiger partial charge >= 0.3 is 37.9 Å². The first kappa shape index (κ1) is 37.5. The summed E-state index contributed by atoms with van der Waals surface area (Å²) < 4.78 is 0. The molecule has 0 spiro atoms. The third kappa shape index (κ3) is 7.80. The van der Waals surface area contributed by atoms with Gasteiger partial charge in [-0.3, -0.25) is 0 Å². The van der Waals surface area contributed by atoms with Crippen molar-refractivity contribution < 1.29 is 20.8 Å². The Balaban J connectivity index is 0.000000585. The molecule has 15 atom stereocenters. The maximum absolute atomic E-state index is 4.93. The van der Waals surface area contributed by atoms with E-state index < -0.39 is 20.8 Å². The van der Waals surface area contributed by atoms with Crippen molar-refractivity contribution >= 4 is 17.0 Å². The topological polar surface area (TPSA) is 0 Å². The van der Waals surface area contributed by atoms with Crippen LogP contribution in [0.4, 0.5) is 0 Å². The van der Waals surface area contributed by atoms with E-state index in [1.807, 2.05) is 0 Å². The molecular formula is C33H64Cl2Zr. The SMILES string of the molecule is CCC1C(C)CC2C(C)C(C)C(C)C(C)C12.CCC1C(C)CC2C(C)C(C)C(C)CC12.[CH3-].[CH3-].[Cl][Zr+2][Cl]. The summed E-state index contributed by atoms with van der Waals surface area (Å²) in [5, 5.41) is 0. The Kier molecular flexibility index (Phi) is 17.3. The Morgan fingerprint density at radius 2 is 0.889 bits per heavy atom. The normalized spacial score (nSPS) is 48.9. The molecule has 4 aliphatic carbocycles. The minimum atomic E-state index is -0.826. The Morgan fingerprint density at radius 3 is 1.39 bits per heavy atom. The van der Waals surface area contributed by atoms with E-state index in [4.69, 9.17) is 17.0 Å². The zero-order valence-corrected chi connectivity index (χ0v) is 30.4. The summed E-state index contributed by atoms with van der Waals surface area (Å²) >= 11 is -0.826. The molecule has 0 radical (unpaired) electrons. The van der Waals surface area contributed by atoms with Crippen LogP contribution in [0.5, 0.6) is 0 Å². The summed E-state index contributed by atoms with van der Waals surface area (Å²) in [5.41, 5.74) is 0. The summed E-state index contributed by atoms with van der Waals surface area (Å²) in [6.07, 6.45) is 7.35. The van der Waals surface area contributed by atoms with Crippen LogP contribution < -0.4 is 0 Å². The molecular weight excluding hydrogens is 558 g/mol. The minimum absolute atomic E-state index is 0. The fourth-order valence-corrected chi connectivity index (χ4v) is 9.91. The van der Waals surface area contributed by atoms with Crippen molar-refractivity contribution in [2.45, 2.75) is 108 Å². The van der Waals surface area contributed by atoms with Gasteiger partial charge in [0.05, 0.1) is 0 Å². The molecule has 0 amide bonds. The van der Waals surface area contributed by atoms with Gasteiger partial charge in [-0.05, 0) is 108 Å². The molecule has 0 aromatic heterocycles. The fourth-order valence-electron chi connectivity index (χ4n) is 9.91. The molecule has 36 heavy (non-hydrogen) atoms. The molecule has 4 rings (SSSR count). The third-order valence-corrected chi connectivity index (χ3v) is 12.6. The molecule has 0 heterocycles. The van der Waals surface area contributed by atoms with Gasteiger partial charge in [0.2, 0.25) is 0 Å². The zero-order chi connectivity index (χ0) is 25.9. The van der Waals surface area contributed by atoms with Crippen LogP contribution in [0.3, 0.4) is 0 Å². The number of fused-ring (bicyclic) bond motifs is 2. The van der Waals surface area contributed by atoms with Crippen molar-refractivity contribution in [3.05, 3.63) is 14.9 Å². The van der Waals surface area contributed by atoms with Gasteiger partial charge in [-0.15, -0.1) is 0 Å². The summed E-state index contributed by atoms with van der Waals surface area (Å²) in [5.74, 6) is 14.8. The molecule has 0 aromatic carbocycles. The van der Waals surface area contributed by atoms with E-state index in [0.717, 1.165) is 88.8 Å². The van der Waals surface area contributed by atoms with Gasteiger partial charge in [0.15, 0.2) is 0 Å². The summed E-state index contributed by atoms with van der Waals surface area (Å²) in [6, 6.07) is 0. The molecule has 0 aromatic rings. The second-order valence-electron chi connectivity index (χ2n) is 13.6. The Labute approximate surface area is 248 Å². The number of halogens is 2. The van der Waals surface area contributed by atoms with E-state index in [-0.39, 0.29) is 14.9 Å². The second kappa shape index (κ2) is 16.7. The van der Waals surface area contributed by atoms with E-state index in [9.17, 15) is 0 Å². The van der Waals surface area contributed by atoms with Crippen LogP contribution in [0, 0.1) is 104 Å². The molecule has 3 heteroatoms. The van der Waals surface area contributed by atoms with E-state index >= 15 is 0 Å². The van der Waals surface area contributed by atoms with Gasteiger partial charge in [0.1, 0.15) is 0 Å². The van der Waals surface area contributed by atoms with Crippen molar-refractivity contribution in [3.8, 4) is 0 Å². The first-order chi connectivity index (χ1) is 16.0. The Morgan fingerprint density at radius 1 is 0.500 bits per heavy atom. The van der Waals surface area contributed by atoms with Gasteiger partial charge in [-0.2, -0.15) is 0 Å². The summed E-state index contributed by atoms with van der Waals surface area (Å²) in [6.45, 7) is 27.3. The van der Waals surface area contributed by atoms with E-state index in [1.165, 1.54) is 32.1 Å². The van der Waals surface area contributed by atoms with E-state index in [1.54, 1.807) is 0 Å². The average Bonchev–Trinajstić information content (AvgIpc) is 3.31. The van der Waals surface area contributed by atoms with Crippen LogP contribution in [0.2, 0.25) is 0 Å². The van der Waals surface area contributed by atoms with E-state index in [2.05, 4.69) is 76.2 Å². The second-order valence-corrected chi connectivity index (χ2v) is 17.3. The molecule has 0 saturated heterocycles. The quantitative estimate of drug-likeness (QED) is 0.269. The van der Waals surface area contributed by atoms with Crippen LogP contribution >= 0.6 is 17.0 Å². The molecule has 0 N–H and O–H groups in total. The van der Waals surface area contributed by atoms with Gasteiger partial charge in [0, 0.05) is 0 Å². The molecule has 4 saturated carbocycles. The van der Waals surface area contributed by atoms with Gasteiger partial charge in [-0.25, -0.2) is 0 Å². The summed E-state index contributed by atoms with van der Waals surface area (Å²) in [4.78, 5) is 0. The molecule has 0 aliphatic heterocycles. The standard InChI is InChI=1S/C16H30.C15H28.2CH3.2ClH.Zr/c1-7-14-9(2)8-15-12(5)10(3)11(4)13(6)16(14)15;1-6-13-10(3)8-14-12(5)11(4)9(2)7-15(13)14;;;;;/h9-16H,7-8H2,1-6H3;9-15H,6-8H2,1-5H3;2*1H3;2*1H;/q;;2*-1;;;+4/p-2. The molecule has 214 valence electrons. The fraction of sp³-hybridized carbons (Fsp3) is 0.939. The van der Waals surface area contributed by atoms with Crippen molar-refractivity contribution in [1.29, 1.82) is 0 Å². The van der Waals surface area contributed by atoms with Crippen LogP contribution in [0.15, 0.2) is 0 Å². The Hall–Kier alpha value is 1.46. The maximum atomic E-state index is 4.93. The van der Waals surface area contributed by atoms with Crippen molar-refractivity contribution in [2.75, 3.05) is 0 Å². The van der Waals surface area contributed by atoms with Crippen LogP contribution in [-0.4, -0.2) is 0 Å². The number of rotatable bonds is 2. The number of hydrogen-bond donors (Lipinski definition) is 0. The number of hydrogen-bond acceptors (Lipinski definition) is 0. The van der Waals surface area contributed by atoms with Crippen LogP contribution in [-0.2, 0) is 20.8 Å². The first-order valence-electron chi connectivity index (χ1n) is 14.9. The molecule has 4 fully saturated rings. The summed E-state index contributed by atoms with van der Waals surface area (Å²) in [7, 11) is 9.87.